The van der Waals surface area contributed by atoms with Crippen LogP contribution < -0.4 is 10.2 Å². The molecule has 2 fully saturated rings. The number of hydrogen-bond acceptors (Lipinski definition) is 12. The van der Waals surface area contributed by atoms with Gasteiger partial charge in [-0.15, -0.1) is 0 Å². The lowest BCUT2D eigenvalue weighted by Crippen LogP contribution is -2.56. The zero-order valence-corrected chi connectivity index (χ0v) is 32.9. The van der Waals surface area contributed by atoms with Crippen LogP contribution in [-0.2, 0) is 55.9 Å². The van der Waals surface area contributed by atoms with E-state index in [1.165, 1.54) is 28.0 Å². The third-order valence-corrected chi connectivity index (χ3v) is 8.38. The zero-order chi connectivity index (χ0) is 41.5. The first-order chi connectivity index (χ1) is 26.1. The van der Waals surface area contributed by atoms with Gasteiger partial charge < -0.3 is 39.0 Å². The molecule has 300 valence electrons. The highest BCUT2D eigenvalue weighted by atomic mass is 16.6. The Hall–Kier alpha value is -6.02. The van der Waals surface area contributed by atoms with E-state index in [-0.39, 0.29) is 54.7 Å². The first kappa shape index (κ1) is 42.7. The lowest BCUT2D eigenvalue weighted by molar-refractivity contribution is -0.167. The molecule has 0 aromatic heterocycles. The number of nitriles is 1. The third-order valence-electron chi connectivity index (χ3n) is 8.38. The summed E-state index contributed by atoms with van der Waals surface area (Å²) in [6, 6.07) is 12.8. The smallest absolute Gasteiger partial charge is 0.420 e. The van der Waals surface area contributed by atoms with Crippen molar-refractivity contribution in [2.24, 2.45) is 0 Å². The molecule has 6 amide bonds. The van der Waals surface area contributed by atoms with Crippen LogP contribution in [0, 0.1) is 11.3 Å². The van der Waals surface area contributed by atoms with Gasteiger partial charge in [0.05, 0.1) is 37.7 Å². The molecule has 17 nitrogen and oxygen atoms in total. The predicted molar refractivity (Wildman–Crippen MR) is 200 cm³/mol. The van der Waals surface area contributed by atoms with Crippen LogP contribution in [0.5, 0.6) is 0 Å². The minimum Gasteiger partial charge on any atom is -0.449 e. The van der Waals surface area contributed by atoms with Crippen LogP contribution in [0.2, 0.25) is 0 Å². The number of amides is 6. The Labute approximate surface area is 325 Å². The standard InChI is InChI=1S/C39H48N6O11/c1-24(46)54-32(33-35(50)44(16-17-53-33)29-11-9-10-25(18-29)19-30(47)43-15-14-42(8)31(48)23-43)34(49)41-28-13-12-26(21-40)27(20-28)22-45(36(51)55-38(2,3)4)37(52)56-39(5,6)7/h9-13,18,20,32-33H,14-17,19,22-23H2,1-8H3,(H,41,49)/t32-,33-/m1/s1. The molecule has 0 bridgehead atoms. The SMILES string of the molecule is CC(=O)O[C@@H](C(=O)Nc1ccc(C#N)c(CN(C(=O)OC(C)(C)C)C(=O)OC(C)(C)C)c1)[C@H]1OCCN(c2cccc(CC(=O)N3CCN(C)C(=O)C3)c2)C1=O. The second kappa shape index (κ2) is 17.6. The van der Waals surface area contributed by atoms with Gasteiger partial charge in [-0.2, -0.15) is 5.26 Å². The van der Waals surface area contributed by atoms with Crippen LogP contribution >= 0.6 is 0 Å². The minimum atomic E-state index is -1.76. The van der Waals surface area contributed by atoms with Gasteiger partial charge in [-0.1, -0.05) is 12.1 Å². The van der Waals surface area contributed by atoms with E-state index in [0.29, 0.717) is 29.2 Å². The minimum absolute atomic E-state index is 0.00877. The quantitative estimate of drug-likeness (QED) is 0.288. The first-order valence-electron chi connectivity index (χ1n) is 17.9. The molecule has 0 saturated carbocycles. The van der Waals surface area contributed by atoms with Gasteiger partial charge >= 0.3 is 18.2 Å². The number of esters is 1. The van der Waals surface area contributed by atoms with Crippen LogP contribution in [0.1, 0.15) is 65.2 Å². The van der Waals surface area contributed by atoms with E-state index < -0.39 is 59.9 Å². The summed E-state index contributed by atoms with van der Waals surface area (Å²) < 4.78 is 21.9. The van der Waals surface area contributed by atoms with E-state index in [0.717, 1.165) is 6.92 Å². The molecule has 0 unspecified atom stereocenters. The zero-order valence-electron chi connectivity index (χ0n) is 32.9. The van der Waals surface area contributed by atoms with Crippen molar-refractivity contribution in [3.8, 4) is 6.07 Å². The Morgan fingerprint density at radius 1 is 0.964 bits per heavy atom. The number of rotatable bonds is 9. The highest BCUT2D eigenvalue weighted by Crippen LogP contribution is 2.26. The molecule has 2 aliphatic heterocycles. The molecule has 1 N–H and O–H groups in total. The Morgan fingerprint density at radius 3 is 2.21 bits per heavy atom. The summed E-state index contributed by atoms with van der Waals surface area (Å²) in [5.74, 6) is -2.88. The largest absolute Gasteiger partial charge is 0.449 e. The summed E-state index contributed by atoms with van der Waals surface area (Å²) in [5, 5.41) is 12.5. The number of morpholine rings is 1. The van der Waals surface area contributed by atoms with E-state index in [1.54, 1.807) is 77.8 Å². The van der Waals surface area contributed by atoms with Gasteiger partial charge in [0, 0.05) is 45.0 Å². The molecule has 56 heavy (non-hydrogen) atoms. The molecule has 2 atom stereocenters. The van der Waals surface area contributed by atoms with Crippen LogP contribution in [-0.4, -0.2) is 120 Å². The lowest BCUT2D eigenvalue weighted by Gasteiger charge is -2.35. The van der Waals surface area contributed by atoms with Crippen molar-refractivity contribution >= 4 is 53.2 Å². The lowest BCUT2D eigenvalue weighted by atomic mass is 10.1. The number of ether oxygens (including phenoxy) is 4. The highest BCUT2D eigenvalue weighted by Gasteiger charge is 2.43. The number of carbonyl (C=O) groups is 7. The van der Waals surface area contributed by atoms with Crippen LogP contribution in [0.3, 0.4) is 0 Å². The van der Waals surface area contributed by atoms with Gasteiger partial charge in [-0.25, -0.2) is 14.5 Å². The van der Waals surface area contributed by atoms with Gasteiger partial charge in [0.25, 0.3) is 11.8 Å². The predicted octanol–water partition coefficient (Wildman–Crippen LogP) is 3.38. The number of benzene rings is 2. The van der Waals surface area contributed by atoms with E-state index in [4.69, 9.17) is 18.9 Å². The molecule has 2 aliphatic rings. The van der Waals surface area contributed by atoms with Crippen LogP contribution in [0.4, 0.5) is 21.0 Å². The molecule has 2 aromatic rings. The average molecular weight is 777 g/mol. The van der Waals surface area contributed by atoms with Crippen molar-refractivity contribution in [2.45, 2.75) is 84.8 Å². The monoisotopic (exact) mass is 776 g/mol. The van der Waals surface area contributed by atoms with E-state index in [1.807, 2.05) is 6.07 Å². The second-order valence-electron chi connectivity index (χ2n) is 15.3. The van der Waals surface area contributed by atoms with Gasteiger partial charge in [0.1, 0.15) is 11.2 Å². The topological polar surface area (TPSA) is 205 Å². The first-order valence-corrected chi connectivity index (χ1v) is 17.9. The molecule has 17 heteroatoms. The number of anilines is 2. The number of carbonyl (C=O) groups excluding carboxylic acids is 7. The van der Waals surface area contributed by atoms with Crippen LogP contribution in [0.25, 0.3) is 0 Å². The van der Waals surface area contributed by atoms with Crippen molar-refractivity contribution < 1.29 is 52.5 Å². The van der Waals surface area contributed by atoms with Crippen molar-refractivity contribution in [3.05, 3.63) is 59.2 Å². The summed E-state index contributed by atoms with van der Waals surface area (Å²) in [5.41, 5.74) is -0.646. The Kier molecular flexibility index (Phi) is 13.4. The normalized spacial score (nSPS) is 16.7. The average Bonchev–Trinajstić information content (AvgIpc) is 3.09. The number of hydrogen-bond donors (Lipinski definition) is 1. The van der Waals surface area contributed by atoms with Crippen molar-refractivity contribution in [2.75, 3.05) is 50.1 Å². The van der Waals surface area contributed by atoms with Crippen molar-refractivity contribution in [3.63, 3.8) is 0 Å². The fraction of sp³-hybridized carbons (Fsp3) is 0.487. The maximum atomic E-state index is 13.9. The number of imide groups is 1. The van der Waals surface area contributed by atoms with Gasteiger partial charge in [-0.3, -0.25) is 24.0 Å². The maximum absolute atomic E-state index is 13.9. The summed E-state index contributed by atoms with van der Waals surface area (Å²) in [6.45, 7) is 11.2. The third kappa shape index (κ3) is 11.5. The fourth-order valence-corrected chi connectivity index (χ4v) is 5.74. The number of nitrogens with zero attached hydrogens (tertiary/aromatic N) is 5. The summed E-state index contributed by atoms with van der Waals surface area (Å²) in [6.07, 6.45) is -5.39. The molecule has 0 aliphatic carbocycles. The molecular formula is C39H48N6O11. The maximum Gasteiger partial charge on any atom is 0.420 e. The van der Waals surface area contributed by atoms with E-state index in [2.05, 4.69) is 5.32 Å². The van der Waals surface area contributed by atoms with Crippen molar-refractivity contribution in [1.29, 1.82) is 5.26 Å². The van der Waals surface area contributed by atoms with Gasteiger partial charge in [-0.05, 0) is 83.0 Å². The Bertz CT molecular complexity index is 1880. The summed E-state index contributed by atoms with van der Waals surface area (Å²) >= 11 is 0. The highest BCUT2D eigenvalue weighted by molar-refractivity contribution is 6.04. The summed E-state index contributed by atoms with van der Waals surface area (Å²) in [4.78, 5) is 96.5. The Morgan fingerprint density at radius 2 is 1.62 bits per heavy atom. The summed E-state index contributed by atoms with van der Waals surface area (Å²) in [7, 11) is 1.68. The molecule has 2 heterocycles. The number of nitrogens with one attached hydrogen (secondary N) is 1. The fourth-order valence-electron chi connectivity index (χ4n) is 5.74. The molecule has 0 radical (unpaired) electrons. The molecule has 0 spiro atoms. The molecule has 2 saturated heterocycles. The number of piperazine rings is 1. The molecular weight excluding hydrogens is 728 g/mol. The number of likely N-dealkylation sites (N-methyl/N-ethyl adjacent to an activating group) is 1. The van der Waals surface area contributed by atoms with E-state index >= 15 is 0 Å². The molecule has 2 aromatic carbocycles. The Balaban J connectivity index is 1.55. The van der Waals surface area contributed by atoms with Gasteiger partial charge in [0.2, 0.25) is 17.9 Å². The van der Waals surface area contributed by atoms with Gasteiger partial charge in [0.15, 0.2) is 6.10 Å². The van der Waals surface area contributed by atoms with Crippen molar-refractivity contribution in [1.82, 2.24) is 14.7 Å². The van der Waals surface area contributed by atoms with E-state index in [9.17, 15) is 38.8 Å². The molecule has 4 rings (SSSR count). The second-order valence-corrected chi connectivity index (χ2v) is 15.3. The van der Waals surface area contributed by atoms with Crippen LogP contribution in [0.15, 0.2) is 42.5 Å².